The largest absolute Gasteiger partial charge is 0.445 e. The molecule has 144 valence electrons. The summed E-state index contributed by atoms with van der Waals surface area (Å²) in [5, 5.41) is 8.78. The molecule has 0 saturated heterocycles. The van der Waals surface area contributed by atoms with Crippen molar-refractivity contribution < 1.29 is 13.2 Å². The maximum Gasteiger partial charge on any atom is 0.191 e. The highest BCUT2D eigenvalue weighted by Gasteiger charge is 2.57. The van der Waals surface area contributed by atoms with E-state index in [4.69, 9.17) is 4.42 Å². The third-order valence-corrected chi connectivity index (χ3v) is 6.98. The average Bonchev–Trinajstić information content (AvgIpc) is 3.12. The topological polar surface area (TPSA) is 51.8 Å². The predicted octanol–water partition coefficient (Wildman–Crippen LogP) is 5.17. The first kappa shape index (κ1) is 17.5. The lowest BCUT2D eigenvalue weighted by atomic mass is 9.50. The van der Waals surface area contributed by atoms with Crippen LogP contribution >= 0.6 is 0 Å². The molecule has 2 heterocycles. The van der Waals surface area contributed by atoms with E-state index in [1.165, 1.54) is 18.2 Å². The number of hydrogen-bond acceptors (Lipinski definition) is 4. The molecule has 0 aliphatic heterocycles. The molecule has 6 heteroatoms. The fourth-order valence-electron chi connectivity index (χ4n) is 5.38. The maximum absolute atomic E-state index is 14.3. The zero-order valence-electron chi connectivity index (χ0n) is 16.0. The predicted molar refractivity (Wildman–Crippen MR) is 99.7 cm³/mol. The Kier molecular flexibility index (Phi) is 3.70. The molecular weight excluding hydrogens is 360 g/mol. The summed E-state index contributed by atoms with van der Waals surface area (Å²) < 4.78 is 34.6. The van der Waals surface area contributed by atoms with Gasteiger partial charge in [0.2, 0.25) is 0 Å². The second kappa shape index (κ2) is 5.93. The van der Waals surface area contributed by atoms with Crippen LogP contribution in [0.15, 0.2) is 34.9 Å². The normalized spacial score (nSPS) is 28.4. The number of rotatable bonds is 2. The summed E-state index contributed by atoms with van der Waals surface area (Å²) in [6.07, 6.45) is 3.68. The molecule has 6 rings (SSSR count). The molecule has 4 atom stereocenters. The van der Waals surface area contributed by atoms with E-state index in [2.05, 4.69) is 29.0 Å². The van der Waals surface area contributed by atoms with Crippen LogP contribution in [-0.4, -0.2) is 15.2 Å². The first-order valence-corrected chi connectivity index (χ1v) is 9.69. The molecule has 4 nitrogen and oxygen atoms in total. The molecule has 0 N–H and O–H groups in total. The van der Waals surface area contributed by atoms with Gasteiger partial charge in [0.15, 0.2) is 5.89 Å². The van der Waals surface area contributed by atoms with Crippen LogP contribution in [0.5, 0.6) is 0 Å². The highest BCUT2D eigenvalue weighted by molar-refractivity contribution is 5.62. The Morgan fingerprint density at radius 2 is 1.89 bits per heavy atom. The second-order valence-electron chi connectivity index (χ2n) is 8.14. The van der Waals surface area contributed by atoms with Gasteiger partial charge in [0.25, 0.3) is 0 Å². The molecule has 3 aromatic rings. The smallest absolute Gasteiger partial charge is 0.191 e. The maximum atomic E-state index is 14.3. The first-order valence-electron chi connectivity index (χ1n) is 9.69. The zero-order valence-corrected chi connectivity index (χ0v) is 16.0. The first-order chi connectivity index (χ1) is 13.4. The Hall–Kier alpha value is -2.63. The van der Waals surface area contributed by atoms with Gasteiger partial charge in [0.05, 0.1) is 28.6 Å². The minimum atomic E-state index is -0.628. The van der Waals surface area contributed by atoms with Crippen molar-refractivity contribution in [2.75, 3.05) is 0 Å². The average molecular weight is 381 g/mol. The number of halogens is 2. The molecule has 3 aliphatic rings. The molecule has 0 spiro atoms. The lowest BCUT2D eigenvalue weighted by Crippen LogP contribution is -2.50. The Balaban J connectivity index is 1.74. The van der Waals surface area contributed by atoms with Gasteiger partial charge in [0, 0.05) is 6.92 Å². The molecular formula is C22H21F2N3O. The summed E-state index contributed by atoms with van der Waals surface area (Å²) in [5.74, 6) is 1.15. The van der Waals surface area contributed by atoms with Crippen molar-refractivity contribution in [1.82, 2.24) is 15.2 Å². The van der Waals surface area contributed by atoms with Crippen LogP contribution in [0.1, 0.15) is 55.5 Å². The van der Waals surface area contributed by atoms with E-state index in [9.17, 15) is 8.78 Å². The third kappa shape index (κ3) is 2.17. The molecule has 2 bridgehead atoms. The Morgan fingerprint density at radius 3 is 2.57 bits per heavy atom. The van der Waals surface area contributed by atoms with Gasteiger partial charge >= 0.3 is 0 Å². The number of hydrogen-bond donors (Lipinski definition) is 0. The number of aryl methyl sites for hydroxylation is 1. The van der Waals surface area contributed by atoms with E-state index in [0.717, 1.165) is 29.9 Å². The van der Waals surface area contributed by atoms with Gasteiger partial charge in [-0.2, -0.15) is 5.10 Å². The Labute approximate surface area is 162 Å². The molecule has 2 aromatic heterocycles. The molecule has 3 aliphatic carbocycles. The van der Waals surface area contributed by atoms with Gasteiger partial charge in [-0.25, -0.2) is 13.8 Å². The highest BCUT2D eigenvalue weighted by Crippen LogP contribution is 2.61. The molecule has 1 saturated carbocycles. The summed E-state index contributed by atoms with van der Waals surface area (Å²) in [4.78, 5) is 4.31. The molecule has 2 unspecified atom stereocenters. The minimum Gasteiger partial charge on any atom is -0.445 e. The lowest BCUT2D eigenvalue weighted by Gasteiger charge is -2.53. The van der Waals surface area contributed by atoms with Crippen LogP contribution in [0.25, 0.3) is 11.3 Å². The van der Waals surface area contributed by atoms with Crippen LogP contribution < -0.4 is 0 Å². The number of oxazole rings is 1. The van der Waals surface area contributed by atoms with Gasteiger partial charge in [-0.05, 0) is 54.4 Å². The third-order valence-electron chi connectivity index (χ3n) is 6.98. The number of nitrogens with zero attached hydrogens (tertiary/aromatic N) is 3. The molecule has 1 aromatic carbocycles. The van der Waals surface area contributed by atoms with Crippen LogP contribution in [0.3, 0.4) is 0 Å². The van der Waals surface area contributed by atoms with Gasteiger partial charge in [0.1, 0.15) is 17.4 Å². The van der Waals surface area contributed by atoms with Crippen molar-refractivity contribution in [3.8, 4) is 11.3 Å². The summed E-state index contributed by atoms with van der Waals surface area (Å²) in [6, 6.07) is 5.67. The quantitative estimate of drug-likeness (QED) is 0.615. The van der Waals surface area contributed by atoms with Crippen molar-refractivity contribution in [2.24, 2.45) is 11.8 Å². The summed E-state index contributed by atoms with van der Waals surface area (Å²) >= 11 is 0. The van der Waals surface area contributed by atoms with E-state index < -0.39 is 17.0 Å². The Morgan fingerprint density at radius 1 is 1.14 bits per heavy atom. The van der Waals surface area contributed by atoms with Crippen LogP contribution in [-0.2, 0) is 5.41 Å². The van der Waals surface area contributed by atoms with E-state index >= 15 is 0 Å². The SMILES string of the molecule is Cc1ncc([C@@]23CC[C@@H](c4cc(-c5c(F)cccc5F)nnc42)C(C)C3C)o1. The van der Waals surface area contributed by atoms with Crippen molar-refractivity contribution in [2.45, 2.75) is 44.9 Å². The van der Waals surface area contributed by atoms with Crippen LogP contribution in [0, 0.1) is 30.4 Å². The van der Waals surface area contributed by atoms with E-state index in [0.29, 0.717) is 23.6 Å². The number of aromatic nitrogens is 3. The van der Waals surface area contributed by atoms with E-state index in [1.54, 1.807) is 6.20 Å². The Bertz CT molecular complexity index is 1060. The van der Waals surface area contributed by atoms with Crippen molar-refractivity contribution >= 4 is 0 Å². The van der Waals surface area contributed by atoms with Gasteiger partial charge in [-0.1, -0.05) is 19.9 Å². The van der Waals surface area contributed by atoms with Crippen molar-refractivity contribution in [1.29, 1.82) is 0 Å². The van der Waals surface area contributed by atoms with Gasteiger partial charge in [-0.3, -0.25) is 0 Å². The van der Waals surface area contributed by atoms with Crippen LogP contribution in [0.4, 0.5) is 8.78 Å². The minimum absolute atomic E-state index is 0.121. The summed E-state index contributed by atoms with van der Waals surface area (Å²) in [6.45, 7) is 6.29. The second-order valence-corrected chi connectivity index (χ2v) is 8.14. The molecule has 0 radical (unpaired) electrons. The zero-order chi connectivity index (χ0) is 19.6. The fourth-order valence-corrected chi connectivity index (χ4v) is 5.38. The molecule has 1 fully saturated rings. The summed E-state index contributed by atoms with van der Waals surface area (Å²) in [5.41, 5.74) is 1.61. The molecule has 28 heavy (non-hydrogen) atoms. The summed E-state index contributed by atoms with van der Waals surface area (Å²) in [7, 11) is 0. The van der Waals surface area contributed by atoms with Crippen molar-refractivity contribution in [3.63, 3.8) is 0 Å². The molecule has 0 amide bonds. The number of fused-ring (bicyclic) bond motifs is 2. The monoisotopic (exact) mass is 381 g/mol. The lowest BCUT2D eigenvalue weighted by molar-refractivity contribution is 0.0969. The van der Waals surface area contributed by atoms with Crippen molar-refractivity contribution in [3.05, 3.63) is 65.0 Å². The van der Waals surface area contributed by atoms with Crippen LogP contribution in [0.2, 0.25) is 0 Å². The van der Waals surface area contributed by atoms with E-state index in [1.807, 2.05) is 13.0 Å². The highest BCUT2D eigenvalue weighted by atomic mass is 19.1. The van der Waals surface area contributed by atoms with E-state index in [-0.39, 0.29) is 11.3 Å². The number of benzene rings is 1. The fraction of sp³-hybridized carbons (Fsp3) is 0.409. The van der Waals surface area contributed by atoms with Gasteiger partial charge < -0.3 is 4.42 Å². The van der Waals surface area contributed by atoms with Gasteiger partial charge in [-0.15, -0.1) is 5.10 Å². The standard InChI is InChI=1S/C22H21F2N3O/c1-11-12(2)22(19-10-25-13(3)28-19)8-7-14(11)15-9-18(26-27-21(15)22)20-16(23)5-4-6-17(20)24/h4-6,9-12,14H,7-8H2,1-3H3/t11?,12?,14-,22+/m1/s1.